The van der Waals surface area contributed by atoms with Crippen LogP contribution in [0.15, 0.2) is 0 Å². The van der Waals surface area contributed by atoms with E-state index in [9.17, 15) is 9.59 Å². The summed E-state index contributed by atoms with van der Waals surface area (Å²) >= 11 is 22.3. The van der Waals surface area contributed by atoms with Crippen LogP contribution in [0.5, 0.6) is 0 Å². The lowest BCUT2D eigenvalue weighted by molar-refractivity contribution is -0.124. The molecule has 1 heterocycles. The van der Waals surface area contributed by atoms with E-state index < -0.39 is 3.25 Å². The van der Waals surface area contributed by atoms with E-state index in [1.165, 1.54) is 0 Å². The normalized spacial score (nSPS) is 22.1. The molecule has 0 aromatic heterocycles. The van der Waals surface area contributed by atoms with Crippen molar-refractivity contribution in [3.63, 3.8) is 0 Å². The molecule has 1 aliphatic heterocycles. The number of rotatable bonds is 0. The van der Waals surface area contributed by atoms with Gasteiger partial charge in [-0.2, -0.15) is 0 Å². The van der Waals surface area contributed by atoms with Crippen LogP contribution < -0.4 is 5.32 Å². The summed E-state index contributed by atoms with van der Waals surface area (Å²) in [6.45, 7) is 0. The highest BCUT2D eigenvalue weighted by atomic mass is 79.9. The van der Waals surface area contributed by atoms with Crippen LogP contribution in [0.4, 0.5) is 0 Å². The van der Waals surface area contributed by atoms with E-state index in [0.29, 0.717) is 0 Å². The standard InChI is InChI=1S/C4H4BrNO2.CCl4/c5-2-1-3(7)6-4(2)8;2-1(3,4)5/h2H,1H2,(H,6,7,8);. The lowest BCUT2D eigenvalue weighted by atomic mass is 10.4. The third-order valence-corrected chi connectivity index (χ3v) is 1.65. The number of alkyl halides is 5. The molecule has 0 aliphatic carbocycles. The van der Waals surface area contributed by atoms with Crippen molar-refractivity contribution in [3.8, 4) is 0 Å². The zero-order valence-corrected chi connectivity index (χ0v) is 10.6. The predicted molar refractivity (Wildman–Crippen MR) is 56.6 cm³/mol. The molecule has 3 nitrogen and oxygen atoms in total. The Morgan fingerprint density at radius 2 is 1.69 bits per heavy atom. The highest BCUT2D eigenvalue weighted by Crippen LogP contribution is 2.29. The van der Waals surface area contributed by atoms with Gasteiger partial charge in [0.05, 0.1) is 0 Å². The molecule has 0 spiro atoms. The minimum atomic E-state index is -1.61. The molecule has 0 radical (unpaired) electrons. The van der Waals surface area contributed by atoms with Crippen molar-refractivity contribution in [3.05, 3.63) is 0 Å². The van der Waals surface area contributed by atoms with Crippen LogP contribution in [0.1, 0.15) is 6.42 Å². The maximum absolute atomic E-state index is 10.4. The molecule has 0 aromatic carbocycles. The molecule has 1 fully saturated rings. The van der Waals surface area contributed by atoms with E-state index in [0.717, 1.165) is 0 Å². The largest absolute Gasteiger partial charge is 0.295 e. The van der Waals surface area contributed by atoms with Crippen molar-refractivity contribution < 1.29 is 9.59 Å². The van der Waals surface area contributed by atoms with Crippen molar-refractivity contribution in [2.24, 2.45) is 0 Å². The zero-order valence-electron chi connectivity index (χ0n) is 5.99. The average Bonchev–Trinajstić information content (AvgIpc) is 2.05. The molecule has 0 saturated carbocycles. The summed E-state index contributed by atoms with van der Waals surface area (Å²) in [7, 11) is 0. The second kappa shape index (κ2) is 5.61. The van der Waals surface area contributed by atoms with E-state index in [2.05, 4.69) is 21.2 Å². The third kappa shape index (κ3) is 9.09. The SMILES string of the molecule is ClC(Cl)(Cl)Cl.O=C1CC(Br)C(=O)N1. The van der Waals surface area contributed by atoms with Gasteiger partial charge in [-0.05, 0) is 0 Å². The average molecular weight is 332 g/mol. The first kappa shape index (κ1) is 13.8. The molecule has 8 heteroatoms. The van der Waals surface area contributed by atoms with Crippen LogP contribution in [0, 0.1) is 0 Å². The van der Waals surface area contributed by atoms with E-state index in [1.54, 1.807) is 0 Å². The van der Waals surface area contributed by atoms with Gasteiger partial charge in [-0.25, -0.2) is 0 Å². The Morgan fingerprint density at radius 3 is 1.77 bits per heavy atom. The van der Waals surface area contributed by atoms with Gasteiger partial charge in [0.15, 0.2) is 0 Å². The summed E-state index contributed by atoms with van der Waals surface area (Å²) in [6, 6.07) is 0. The van der Waals surface area contributed by atoms with Crippen molar-refractivity contribution in [1.82, 2.24) is 5.32 Å². The number of hydrogen-bond acceptors (Lipinski definition) is 2. The number of carbonyl (C=O) groups is 2. The molecule has 1 unspecified atom stereocenters. The first-order chi connectivity index (χ1) is 5.70. The number of halogens is 5. The summed E-state index contributed by atoms with van der Waals surface area (Å²) in [6.07, 6.45) is 0.277. The highest BCUT2D eigenvalue weighted by molar-refractivity contribution is 9.10. The summed E-state index contributed by atoms with van der Waals surface area (Å²) < 4.78 is -1.61. The first-order valence-electron chi connectivity index (χ1n) is 2.93. The first-order valence-corrected chi connectivity index (χ1v) is 5.36. The number of hydrogen-bond donors (Lipinski definition) is 1. The Morgan fingerprint density at radius 1 is 1.31 bits per heavy atom. The molecule has 1 N–H and O–H groups in total. The van der Waals surface area contributed by atoms with Gasteiger partial charge >= 0.3 is 0 Å². The molecule has 0 aromatic rings. The third-order valence-electron chi connectivity index (χ3n) is 0.912. The Bertz CT molecular complexity index is 211. The summed E-state index contributed by atoms with van der Waals surface area (Å²) in [5.74, 6) is -0.424. The Hall–Kier alpha value is 0.780. The second-order valence-corrected chi connectivity index (χ2v) is 6.55. The summed E-state index contributed by atoms with van der Waals surface area (Å²) in [5.41, 5.74) is 0. The Kier molecular flexibility index (Phi) is 5.95. The minimum absolute atomic E-state index is 0.197. The number of amides is 2. The maximum atomic E-state index is 10.4. The topological polar surface area (TPSA) is 46.2 Å². The van der Waals surface area contributed by atoms with E-state index in [1.807, 2.05) is 0 Å². The quantitative estimate of drug-likeness (QED) is 0.547. The van der Waals surface area contributed by atoms with Crippen LogP contribution >= 0.6 is 62.3 Å². The molecule has 0 bridgehead atoms. The van der Waals surface area contributed by atoms with Crippen molar-refractivity contribution >= 4 is 74.1 Å². The predicted octanol–water partition coefficient (Wildman–Crippen LogP) is 2.35. The molecular formula is C5H4BrCl4NO2. The molecule has 1 aliphatic rings. The van der Waals surface area contributed by atoms with Gasteiger partial charge in [-0.15, -0.1) is 0 Å². The summed E-state index contributed by atoms with van der Waals surface area (Å²) in [5, 5.41) is 2.14. The van der Waals surface area contributed by atoms with Gasteiger partial charge in [0.2, 0.25) is 11.8 Å². The van der Waals surface area contributed by atoms with Crippen LogP contribution in [0.2, 0.25) is 0 Å². The molecule has 13 heavy (non-hydrogen) atoms. The maximum Gasteiger partial charge on any atom is 0.266 e. The van der Waals surface area contributed by atoms with Crippen molar-refractivity contribution in [2.45, 2.75) is 14.5 Å². The van der Waals surface area contributed by atoms with Crippen LogP contribution in [-0.4, -0.2) is 19.9 Å². The van der Waals surface area contributed by atoms with E-state index in [-0.39, 0.29) is 23.1 Å². The van der Waals surface area contributed by atoms with Crippen LogP contribution in [0.25, 0.3) is 0 Å². The van der Waals surface area contributed by atoms with E-state index in [4.69, 9.17) is 46.4 Å². The number of imide groups is 1. The van der Waals surface area contributed by atoms with Crippen LogP contribution in [0.3, 0.4) is 0 Å². The monoisotopic (exact) mass is 329 g/mol. The van der Waals surface area contributed by atoms with Crippen molar-refractivity contribution in [1.29, 1.82) is 0 Å². The second-order valence-electron chi connectivity index (χ2n) is 2.01. The lowest BCUT2D eigenvalue weighted by Gasteiger charge is -1.91. The molecule has 76 valence electrons. The van der Waals surface area contributed by atoms with Gasteiger partial charge < -0.3 is 0 Å². The Balaban J connectivity index is 0.000000252. The van der Waals surface area contributed by atoms with Gasteiger partial charge in [0.1, 0.15) is 4.83 Å². The summed E-state index contributed by atoms with van der Waals surface area (Å²) in [4.78, 5) is 20.4. The Labute approximate surface area is 103 Å². The van der Waals surface area contributed by atoms with Gasteiger partial charge in [-0.1, -0.05) is 62.3 Å². The molecule has 2 amide bonds. The van der Waals surface area contributed by atoms with Crippen molar-refractivity contribution in [2.75, 3.05) is 0 Å². The molecule has 1 rings (SSSR count). The van der Waals surface area contributed by atoms with Gasteiger partial charge in [0.25, 0.3) is 3.25 Å². The number of carbonyl (C=O) groups excluding carboxylic acids is 2. The molecular weight excluding hydrogens is 328 g/mol. The fraction of sp³-hybridized carbons (Fsp3) is 0.600. The molecule has 1 saturated heterocycles. The fourth-order valence-electron chi connectivity index (χ4n) is 0.522. The number of nitrogens with one attached hydrogen (secondary N) is 1. The lowest BCUT2D eigenvalue weighted by Crippen LogP contribution is -2.21. The van der Waals surface area contributed by atoms with Gasteiger partial charge in [0, 0.05) is 6.42 Å². The minimum Gasteiger partial charge on any atom is -0.295 e. The van der Waals surface area contributed by atoms with Crippen LogP contribution in [-0.2, 0) is 9.59 Å². The fourth-order valence-corrected chi connectivity index (χ4v) is 0.931. The molecule has 1 atom stereocenters. The zero-order chi connectivity index (χ0) is 10.6. The van der Waals surface area contributed by atoms with E-state index >= 15 is 0 Å². The smallest absolute Gasteiger partial charge is 0.266 e. The highest BCUT2D eigenvalue weighted by Gasteiger charge is 2.27. The van der Waals surface area contributed by atoms with Gasteiger partial charge in [-0.3, -0.25) is 14.9 Å².